The second kappa shape index (κ2) is 6.41. The average Bonchev–Trinajstić information content (AvgIpc) is 2.49. The van der Waals surface area contributed by atoms with E-state index in [0.29, 0.717) is 5.02 Å². The van der Waals surface area contributed by atoms with Crippen LogP contribution in [0.25, 0.3) is 0 Å². The molecule has 0 aromatic heterocycles. The zero-order valence-electron chi connectivity index (χ0n) is 11.9. The van der Waals surface area contributed by atoms with E-state index >= 15 is 0 Å². The van der Waals surface area contributed by atoms with Crippen LogP contribution in [0, 0.1) is 11.6 Å². The summed E-state index contributed by atoms with van der Waals surface area (Å²) < 4.78 is 28.0. The average molecular weight is 311 g/mol. The highest BCUT2D eigenvalue weighted by molar-refractivity contribution is 6.30. The molecule has 0 saturated carbocycles. The van der Waals surface area contributed by atoms with E-state index in [1.165, 1.54) is 6.07 Å². The van der Waals surface area contributed by atoms with Gasteiger partial charge in [0.05, 0.1) is 11.7 Å². The maximum absolute atomic E-state index is 14.1. The van der Waals surface area contributed by atoms with Crippen molar-refractivity contribution >= 4 is 17.3 Å². The summed E-state index contributed by atoms with van der Waals surface area (Å²) >= 11 is 5.86. The maximum atomic E-state index is 14.1. The molecule has 2 rings (SSSR count). The lowest BCUT2D eigenvalue weighted by Gasteiger charge is -2.28. The molecule has 0 radical (unpaired) electrons. The Morgan fingerprint density at radius 1 is 1.10 bits per heavy atom. The topological polar surface area (TPSA) is 29.3 Å². The maximum Gasteiger partial charge on any atom is 0.182 e. The molecular weight excluding hydrogens is 294 g/mol. The van der Waals surface area contributed by atoms with E-state index in [9.17, 15) is 8.78 Å². The molecule has 0 spiro atoms. The van der Waals surface area contributed by atoms with Crippen LogP contribution in [0.1, 0.15) is 24.1 Å². The number of anilines is 1. The van der Waals surface area contributed by atoms with Crippen LogP contribution >= 0.6 is 11.6 Å². The quantitative estimate of drug-likeness (QED) is 0.913. The SMILES string of the molecule is CC(c1ccc(Cl)cc1)N(C)c1ccc(CN)c(F)c1F. The van der Waals surface area contributed by atoms with Crippen LogP contribution in [-0.2, 0) is 6.54 Å². The molecule has 21 heavy (non-hydrogen) atoms. The van der Waals surface area contributed by atoms with Gasteiger partial charge >= 0.3 is 0 Å². The van der Waals surface area contributed by atoms with Crippen LogP contribution in [0.2, 0.25) is 5.02 Å². The Labute approximate surface area is 128 Å². The molecule has 0 aliphatic heterocycles. The first kappa shape index (κ1) is 15.7. The van der Waals surface area contributed by atoms with Crippen molar-refractivity contribution in [1.29, 1.82) is 0 Å². The lowest BCUT2D eigenvalue weighted by atomic mass is 10.1. The molecule has 112 valence electrons. The fourth-order valence-electron chi connectivity index (χ4n) is 2.18. The van der Waals surface area contributed by atoms with E-state index in [2.05, 4.69) is 0 Å². The zero-order chi connectivity index (χ0) is 15.6. The third-order valence-electron chi connectivity index (χ3n) is 3.68. The molecule has 0 amide bonds. The molecule has 2 N–H and O–H groups in total. The van der Waals surface area contributed by atoms with Crippen molar-refractivity contribution in [2.24, 2.45) is 5.73 Å². The molecule has 5 heteroatoms. The molecular formula is C16H17ClF2N2. The highest BCUT2D eigenvalue weighted by atomic mass is 35.5. The molecule has 0 saturated heterocycles. The van der Waals surface area contributed by atoms with Gasteiger partial charge in [-0.2, -0.15) is 0 Å². The Morgan fingerprint density at radius 3 is 2.29 bits per heavy atom. The first-order valence-corrected chi connectivity index (χ1v) is 6.98. The van der Waals surface area contributed by atoms with Gasteiger partial charge in [0.1, 0.15) is 0 Å². The molecule has 1 unspecified atom stereocenters. The normalized spacial score (nSPS) is 12.3. The minimum absolute atomic E-state index is 0.0283. The van der Waals surface area contributed by atoms with Crippen molar-refractivity contribution in [3.05, 3.63) is 64.2 Å². The van der Waals surface area contributed by atoms with Crippen molar-refractivity contribution in [2.75, 3.05) is 11.9 Å². The predicted octanol–water partition coefficient (Wildman–Crippen LogP) is 4.27. The summed E-state index contributed by atoms with van der Waals surface area (Å²) in [6, 6.07) is 10.2. The number of nitrogens with two attached hydrogens (primary N) is 1. The molecule has 0 aliphatic carbocycles. The van der Waals surface area contributed by atoms with Crippen molar-refractivity contribution in [1.82, 2.24) is 0 Å². The molecule has 0 bridgehead atoms. The monoisotopic (exact) mass is 310 g/mol. The van der Waals surface area contributed by atoms with Gasteiger partial charge in [-0.05, 0) is 30.7 Å². The summed E-state index contributed by atoms with van der Waals surface area (Å²) in [5.41, 5.74) is 6.71. The Balaban J connectivity index is 2.33. The summed E-state index contributed by atoms with van der Waals surface area (Å²) in [5.74, 6) is -1.76. The Kier molecular flexibility index (Phi) is 4.80. The Bertz CT molecular complexity index is 629. The molecule has 2 aromatic rings. The molecule has 1 atom stereocenters. The molecule has 2 nitrogen and oxygen atoms in total. The van der Waals surface area contributed by atoms with E-state index in [0.717, 1.165) is 5.56 Å². The summed E-state index contributed by atoms with van der Waals surface area (Å²) in [6.45, 7) is 1.89. The van der Waals surface area contributed by atoms with E-state index in [4.69, 9.17) is 17.3 Å². The third-order valence-corrected chi connectivity index (χ3v) is 3.93. The lowest BCUT2D eigenvalue weighted by Crippen LogP contribution is -2.23. The second-order valence-corrected chi connectivity index (χ2v) is 5.35. The van der Waals surface area contributed by atoms with Crippen molar-refractivity contribution in [3.8, 4) is 0 Å². The van der Waals surface area contributed by atoms with Crippen LogP contribution in [0.5, 0.6) is 0 Å². The Hall–Kier alpha value is -1.65. The van der Waals surface area contributed by atoms with E-state index in [-0.39, 0.29) is 23.8 Å². The number of hydrogen-bond donors (Lipinski definition) is 1. The van der Waals surface area contributed by atoms with Gasteiger partial charge in [0.15, 0.2) is 11.6 Å². The Morgan fingerprint density at radius 2 is 1.71 bits per heavy atom. The van der Waals surface area contributed by atoms with Gasteiger partial charge in [0.25, 0.3) is 0 Å². The van der Waals surface area contributed by atoms with Crippen molar-refractivity contribution < 1.29 is 8.78 Å². The minimum atomic E-state index is -0.884. The minimum Gasteiger partial charge on any atom is -0.365 e. The summed E-state index contributed by atoms with van der Waals surface area (Å²) in [4.78, 5) is 1.68. The van der Waals surface area contributed by atoms with Gasteiger partial charge < -0.3 is 10.6 Å². The smallest absolute Gasteiger partial charge is 0.182 e. The number of nitrogens with zero attached hydrogens (tertiary/aromatic N) is 1. The van der Waals surface area contributed by atoms with E-state index < -0.39 is 11.6 Å². The molecule has 2 aromatic carbocycles. The van der Waals surface area contributed by atoms with Gasteiger partial charge in [-0.25, -0.2) is 8.78 Å². The third kappa shape index (κ3) is 3.17. The van der Waals surface area contributed by atoms with Crippen molar-refractivity contribution in [3.63, 3.8) is 0 Å². The van der Waals surface area contributed by atoms with E-state index in [1.54, 1.807) is 30.1 Å². The zero-order valence-corrected chi connectivity index (χ0v) is 12.7. The molecule has 0 heterocycles. The van der Waals surface area contributed by atoms with Gasteiger partial charge in [-0.1, -0.05) is 29.8 Å². The lowest BCUT2D eigenvalue weighted by molar-refractivity contribution is 0.495. The number of benzene rings is 2. The highest BCUT2D eigenvalue weighted by Crippen LogP contribution is 2.30. The molecule has 0 aliphatic rings. The standard InChI is InChI=1S/C16H17ClF2N2/c1-10(11-3-6-13(17)7-4-11)21(2)14-8-5-12(9-20)15(18)16(14)19/h3-8,10H,9,20H2,1-2H3. The number of hydrogen-bond acceptors (Lipinski definition) is 2. The fourth-order valence-corrected chi connectivity index (χ4v) is 2.31. The summed E-state index contributed by atoms with van der Waals surface area (Å²) in [5, 5.41) is 0.637. The highest BCUT2D eigenvalue weighted by Gasteiger charge is 2.19. The van der Waals surface area contributed by atoms with E-state index in [1.807, 2.05) is 19.1 Å². The summed E-state index contributed by atoms with van der Waals surface area (Å²) in [7, 11) is 1.72. The molecule has 0 fully saturated rings. The number of halogens is 3. The van der Waals surface area contributed by atoms with Gasteiger partial charge in [-0.3, -0.25) is 0 Å². The first-order chi connectivity index (χ1) is 9.95. The predicted molar refractivity (Wildman–Crippen MR) is 82.5 cm³/mol. The van der Waals surface area contributed by atoms with Crippen molar-refractivity contribution in [2.45, 2.75) is 19.5 Å². The van der Waals surface area contributed by atoms with Crippen LogP contribution in [0.3, 0.4) is 0 Å². The largest absolute Gasteiger partial charge is 0.365 e. The van der Waals surface area contributed by atoms with Crippen LogP contribution in [0.15, 0.2) is 36.4 Å². The van der Waals surface area contributed by atoms with Crippen LogP contribution < -0.4 is 10.6 Å². The van der Waals surface area contributed by atoms with Crippen LogP contribution in [-0.4, -0.2) is 7.05 Å². The second-order valence-electron chi connectivity index (χ2n) is 4.91. The summed E-state index contributed by atoms with van der Waals surface area (Å²) in [6.07, 6.45) is 0. The van der Waals surface area contributed by atoms with Gasteiger partial charge in [-0.15, -0.1) is 0 Å². The van der Waals surface area contributed by atoms with Gasteiger partial charge in [0.2, 0.25) is 0 Å². The van der Waals surface area contributed by atoms with Gasteiger partial charge in [0, 0.05) is 24.2 Å². The first-order valence-electron chi connectivity index (χ1n) is 6.61. The van der Waals surface area contributed by atoms with Crippen LogP contribution in [0.4, 0.5) is 14.5 Å². The fraction of sp³-hybridized carbons (Fsp3) is 0.250. The number of rotatable bonds is 4.